The Labute approximate surface area is 119 Å². The number of hydrogen-bond donors (Lipinski definition) is 0. The Morgan fingerprint density at radius 3 is 2.40 bits per heavy atom. The molecule has 0 bridgehead atoms. The minimum Gasteiger partial charge on any atom is -0.287 e. The maximum Gasteiger partial charge on any atom is 0.416 e. The SMILES string of the molecule is FC(F)(F)c1ccc([C@@H]2CCC[C@@H]3CN(P)C[C@H]32)cc1. The molecule has 2 fully saturated rings. The Kier molecular flexibility index (Phi) is 3.81. The van der Waals surface area contributed by atoms with E-state index in [2.05, 4.69) is 14.1 Å². The minimum atomic E-state index is -4.24. The molecule has 1 heterocycles. The van der Waals surface area contributed by atoms with Gasteiger partial charge < -0.3 is 0 Å². The maximum absolute atomic E-state index is 12.6. The first-order valence-corrected chi connectivity index (χ1v) is 7.63. The molecule has 0 spiro atoms. The second-order valence-corrected chi connectivity index (χ2v) is 6.77. The summed E-state index contributed by atoms with van der Waals surface area (Å²) < 4.78 is 40.1. The van der Waals surface area contributed by atoms with Gasteiger partial charge in [-0.25, -0.2) is 0 Å². The summed E-state index contributed by atoms with van der Waals surface area (Å²) in [6.07, 6.45) is -0.694. The molecule has 0 aromatic heterocycles. The Bertz CT molecular complexity index is 471. The van der Waals surface area contributed by atoms with Crippen LogP contribution in [0.1, 0.15) is 36.3 Å². The quantitative estimate of drug-likeness (QED) is 0.699. The van der Waals surface area contributed by atoms with Crippen LogP contribution in [0.15, 0.2) is 24.3 Å². The smallest absolute Gasteiger partial charge is 0.287 e. The summed E-state index contributed by atoms with van der Waals surface area (Å²) in [4.78, 5) is 0. The molecule has 0 N–H and O–H groups in total. The molecule has 1 aliphatic heterocycles. The zero-order valence-corrected chi connectivity index (χ0v) is 12.4. The van der Waals surface area contributed by atoms with Gasteiger partial charge in [-0.2, -0.15) is 13.2 Å². The van der Waals surface area contributed by atoms with Gasteiger partial charge in [-0.3, -0.25) is 4.67 Å². The number of halogens is 3. The van der Waals surface area contributed by atoms with E-state index in [4.69, 9.17) is 0 Å². The average molecular weight is 301 g/mol. The highest BCUT2D eigenvalue weighted by Gasteiger charge is 2.39. The summed E-state index contributed by atoms with van der Waals surface area (Å²) in [6.45, 7) is 2.15. The van der Waals surface area contributed by atoms with Crippen molar-refractivity contribution in [3.05, 3.63) is 35.4 Å². The zero-order chi connectivity index (χ0) is 14.3. The van der Waals surface area contributed by atoms with Gasteiger partial charge in [0, 0.05) is 13.1 Å². The van der Waals surface area contributed by atoms with Crippen LogP contribution in [0.2, 0.25) is 0 Å². The van der Waals surface area contributed by atoms with E-state index in [0.717, 1.165) is 25.1 Å². The minimum absolute atomic E-state index is 0.418. The van der Waals surface area contributed by atoms with Crippen molar-refractivity contribution in [1.82, 2.24) is 4.67 Å². The van der Waals surface area contributed by atoms with E-state index in [1.165, 1.54) is 25.0 Å². The third-order valence-corrected chi connectivity index (χ3v) is 5.21. The van der Waals surface area contributed by atoms with E-state index in [-0.39, 0.29) is 0 Å². The molecule has 1 aromatic rings. The van der Waals surface area contributed by atoms with Gasteiger partial charge in [-0.05, 0) is 48.3 Å². The molecule has 1 nitrogen and oxygen atoms in total. The lowest BCUT2D eigenvalue weighted by atomic mass is 9.71. The fourth-order valence-electron chi connectivity index (χ4n) is 3.84. The van der Waals surface area contributed by atoms with Crippen molar-refractivity contribution in [2.24, 2.45) is 11.8 Å². The van der Waals surface area contributed by atoms with Crippen LogP contribution in [0.3, 0.4) is 0 Å². The van der Waals surface area contributed by atoms with Crippen LogP contribution >= 0.6 is 9.39 Å². The highest BCUT2D eigenvalue weighted by molar-refractivity contribution is 7.13. The lowest BCUT2D eigenvalue weighted by Crippen LogP contribution is -2.25. The predicted octanol–water partition coefficient (Wildman–Crippen LogP) is 4.31. The van der Waals surface area contributed by atoms with Crippen LogP contribution in [0.5, 0.6) is 0 Å². The normalized spacial score (nSPS) is 31.3. The van der Waals surface area contributed by atoms with Crippen molar-refractivity contribution in [3.8, 4) is 0 Å². The van der Waals surface area contributed by atoms with Gasteiger partial charge in [0.05, 0.1) is 5.56 Å². The molecular weight excluding hydrogens is 282 g/mol. The Morgan fingerprint density at radius 2 is 1.75 bits per heavy atom. The molecule has 110 valence electrons. The summed E-state index contributed by atoms with van der Waals surface area (Å²) >= 11 is 0. The topological polar surface area (TPSA) is 3.24 Å². The van der Waals surface area contributed by atoms with Gasteiger partial charge in [0.1, 0.15) is 0 Å². The summed E-state index contributed by atoms with van der Waals surface area (Å²) in [5.74, 6) is 1.72. The van der Waals surface area contributed by atoms with Gasteiger partial charge in [0.25, 0.3) is 0 Å². The van der Waals surface area contributed by atoms with Crippen molar-refractivity contribution in [2.75, 3.05) is 13.1 Å². The van der Waals surface area contributed by atoms with Crippen LogP contribution in [-0.2, 0) is 6.18 Å². The highest BCUT2D eigenvalue weighted by atomic mass is 31.0. The van der Waals surface area contributed by atoms with Gasteiger partial charge >= 0.3 is 6.18 Å². The molecule has 0 radical (unpaired) electrons. The van der Waals surface area contributed by atoms with Crippen LogP contribution in [0.25, 0.3) is 0 Å². The standard InChI is InChI=1S/C15H19F3NP/c16-15(17,18)12-6-4-10(5-7-12)13-3-1-2-11-8-19(20)9-14(11)13/h4-7,11,13-14H,1-3,8-9,20H2/t11-,13+,14-/m1/s1. The number of alkyl halides is 3. The van der Waals surface area contributed by atoms with Crippen molar-refractivity contribution in [2.45, 2.75) is 31.4 Å². The Balaban J connectivity index is 1.81. The molecule has 1 saturated carbocycles. The van der Waals surface area contributed by atoms with Crippen molar-refractivity contribution < 1.29 is 13.2 Å². The molecule has 5 heteroatoms. The lowest BCUT2D eigenvalue weighted by molar-refractivity contribution is -0.137. The summed E-state index contributed by atoms with van der Waals surface area (Å²) in [5.41, 5.74) is 0.528. The molecule has 20 heavy (non-hydrogen) atoms. The molecule has 3 rings (SSSR count). The van der Waals surface area contributed by atoms with Crippen LogP contribution in [0, 0.1) is 11.8 Å². The van der Waals surface area contributed by atoms with E-state index in [1.807, 2.05) is 0 Å². The molecule has 0 amide bonds. The molecule has 1 unspecified atom stereocenters. The summed E-state index contributed by atoms with van der Waals surface area (Å²) in [7, 11) is 2.77. The van der Waals surface area contributed by atoms with Gasteiger partial charge in [0.2, 0.25) is 0 Å². The zero-order valence-electron chi connectivity index (χ0n) is 11.2. The molecule has 1 saturated heterocycles. The first-order valence-electron chi connectivity index (χ1n) is 7.12. The molecular formula is C15H19F3NP. The summed E-state index contributed by atoms with van der Waals surface area (Å²) in [6, 6.07) is 5.82. The van der Waals surface area contributed by atoms with Crippen LogP contribution in [0.4, 0.5) is 13.2 Å². The van der Waals surface area contributed by atoms with E-state index in [1.54, 1.807) is 12.1 Å². The highest BCUT2D eigenvalue weighted by Crippen LogP contribution is 2.46. The maximum atomic E-state index is 12.6. The molecule has 2 aliphatic rings. The Morgan fingerprint density at radius 1 is 1.05 bits per heavy atom. The number of hydrogen-bond acceptors (Lipinski definition) is 1. The average Bonchev–Trinajstić information content (AvgIpc) is 2.78. The van der Waals surface area contributed by atoms with Crippen molar-refractivity contribution in [1.29, 1.82) is 0 Å². The van der Waals surface area contributed by atoms with E-state index < -0.39 is 11.7 Å². The van der Waals surface area contributed by atoms with Gasteiger partial charge in [0.15, 0.2) is 0 Å². The lowest BCUT2D eigenvalue weighted by Gasteiger charge is -2.33. The third kappa shape index (κ3) is 2.73. The van der Waals surface area contributed by atoms with Crippen molar-refractivity contribution in [3.63, 3.8) is 0 Å². The third-order valence-electron chi connectivity index (χ3n) is 4.79. The second-order valence-electron chi connectivity index (χ2n) is 6.04. The molecule has 1 aromatic carbocycles. The number of rotatable bonds is 1. The van der Waals surface area contributed by atoms with Gasteiger partial charge in [-0.1, -0.05) is 27.9 Å². The van der Waals surface area contributed by atoms with Crippen LogP contribution < -0.4 is 0 Å². The van der Waals surface area contributed by atoms with E-state index in [9.17, 15) is 13.2 Å². The monoisotopic (exact) mass is 301 g/mol. The van der Waals surface area contributed by atoms with Gasteiger partial charge in [-0.15, -0.1) is 0 Å². The largest absolute Gasteiger partial charge is 0.416 e. The van der Waals surface area contributed by atoms with Crippen LogP contribution in [-0.4, -0.2) is 17.8 Å². The second kappa shape index (κ2) is 5.31. The predicted molar refractivity (Wildman–Crippen MR) is 76.3 cm³/mol. The fraction of sp³-hybridized carbons (Fsp3) is 0.600. The number of benzene rings is 1. The molecule has 1 aliphatic carbocycles. The summed E-state index contributed by atoms with van der Waals surface area (Å²) in [5, 5.41) is 0. The molecule has 4 atom stereocenters. The van der Waals surface area contributed by atoms with Crippen molar-refractivity contribution >= 4 is 9.39 Å². The van der Waals surface area contributed by atoms with E-state index in [0.29, 0.717) is 17.8 Å². The number of nitrogens with zero attached hydrogens (tertiary/aromatic N) is 1. The Hall–Kier alpha value is -0.600. The fourth-order valence-corrected chi connectivity index (χ4v) is 4.35. The number of fused-ring (bicyclic) bond motifs is 1. The first-order chi connectivity index (χ1) is 9.45. The first kappa shape index (κ1) is 14.3. The van der Waals surface area contributed by atoms with E-state index >= 15 is 0 Å².